The van der Waals surface area contributed by atoms with Gasteiger partial charge in [-0.2, -0.15) is 0 Å². The molecule has 1 N–H and O–H groups in total. The van der Waals surface area contributed by atoms with Crippen LogP contribution in [-0.2, 0) is 9.53 Å². The number of methoxy groups -OCH3 is 1. The minimum absolute atomic E-state index is 0.114. The molecule has 1 aliphatic rings. The van der Waals surface area contributed by atoms with Gasteiger partial charge < -0.3 is 19.3 Å². The Morgan fingerprint density at radius 2 is 1.81 bits per heavy atom. The van der Waals surface area contributed by atoms with Gasteiger partial charge in [-0.3, -0.25) is 9.59 Å². The van der Waals surface area contributed by atoms with E-state index in [-0.39, 0.29) is 35.6 Å². The molecule has 172 valence electrons. The standard InChI is InChI=1S/C25H31NO6/c1-16(15-20(27)22-23(28)21(30-3)13-14-26-22)25(29)32-24(18-9-7-8-10-18)17(2)31-19-11-5-4-6-12-19/h4-6,11-14,16-18,24,28H,7-10,15H2,1-3H3/t16-,17+,24-/m1/s1. The van der Waals surface area contributed by atoms with Crippen LogP contribution in [0.25, 0.3) is 0 Å². The topological polar surface area (TPSA) is 95.0 Å². The van der Waals surface area contributed by atoms with E-state index < -0.39 is 23.8 Å². The van der Waals surface area contributed by atoms with E-state index in [2.05, 4.69) is 4.98 Å². The average molecular weight is 442 g/mol. The van der Waals surface area contributed by atoms with Crippen molar-refractivity contribution in [2.24, 2.45) is 11.8 Å². The number of aromatic hydroxyl groups is 1. The molecule has 7 nitrogen and oxygen atoms in total. The molecular weight excluding hydrogens is 410 g/mol. The predicted octanol–water partition coefficient (Wildman–Crippen LogP) is 4.57. The van der Waals surface area contributed by atoms with Crippen LogP contribution >= 0.6 is 0 Å². The van der Waals surface area contributed by atoms with Crippen LogP contribution in [0, 0.1) is 11.8 Å². The van der Waals surface area contributed by atoms with Crippen molar-refractivity contribution in [3.8, 4) is 17.2 Å². The van der Waals surface area contributed by atoms with E-state index in [9.17, 15) is 14.7 Å². The average Bonchev–Trinajstić information content (AvgIpc) is 3.32. The molecule has 1 aromatic carbocycles. The Bertz CT molecular complexity index is 910. The fraction of sp³-hybridized carbons (Fsp3) is 0.480. The lowest BCUT2D eigenvalue weighted by Crippen LogP contribution is -2.40. The molecule has 0 amide bonds. The number of aromatic nitrogens is 1. The number of nitrogens with zero attached hydrogens (tertiary/aromatic N) is 1. The summed E-state index contributed by atoms with van der Waals surface area (Å²) in [5.74, 6) is -0.812. The van der Waals surface area contributed by atoms with Gasteiger partial charge in [-0.25, -0.2) is 4.98 Å². The second kappa shape index (κ2) is 11.0. The molecule has 2 aromatic rings. The lowest BCUT2D eigenvalue weighted by atomic mass is 9.96. The van der Waals surface area contributed by atoms with Gasteiger partial charge in [0.1, 0.15) is 18.0 Å². The van der Waals surface area contributed by atoms with E-state index in [0.717, 1.165) is 31.4 Å². The summed E-state index contributed by atoms with van der Waals surface area (Å²) >= 11 is 0. The molecule has 0 saturated heterocycles. The highest BCUT2D eigenvalue weighted by molar-refractivity contribution is 5.99. The smallest absolute Gasteiger partial charge is 0.309 e. The first-order valence-electron chi connectivity index (χ1n) is 11.1. The highest BCUT2D eigenvalue weighted by Gasteiger charge is 2.35. The molecular formula is C25H31NO6. The molecule has 0 bridgehead atoms. The summed E-state index contributed by atoms with van der Waals surface area (Å²) < 4.78 is 17.0. The van der Waals surface area contributed by atoms with Gasteiger partial charge in [0.15, 0.2) is 23.0 Å². The Labute approximate surface area is 188 Å². The van der Waals surface area contributed by atoms with Crippen molar-refractivity contribution in [3.05, 3.63) is 48.3 Å². The maximum absolute atomic E-state index is 12.9. The minimum Gasteiger partial charge on any atom is -0.503 e. The van der Waals surface area contributed by atoms with E-state index in [1.165, 1.54) is 19.4 Å². The van der Waals surface area contributed by atoms with Gasteiger partial charge >= 0.3 is 5.97 Å². The van der Waals surface area contributed by atoms with Gasteiger partial charge in [-0.1, -0.05) is 38.0 Å². The Kier molecular flexibility index (Phi) is 8.09. The molecule has 1 fully saturated rings. The molecule has 0 unspecified atom stereocenters. The summed E-state index contributed by atoms with van der Waals surface area (Å²) in [5.41, 5.74) is -0.114. The number of carbonyl (C=O) groups excluding carboxylic acids is 2. The fourth-order valence-corrected chi connectivity index (χ4v) is 4.16. The monoisotopic (exact) mass is 441 g/mol. The Morgan fingerprint density at radius 3 is 2.47 bits per heavy atom. The third kappa shape index (κ3) is 5.78. The summed E-state index contributed by atoms with van der Waals surface area (Å²) in [6.07, 6.45) is 4.70. The van der Waals surface area contributed by atoms with Gasteiger partial charge in [0.05, 0.1) is 13.0 Å². The Morgan fingerprint density at radius 1 is 1.12 bits per heavy atom. The molecule has 1 aromatic heterocycles. The van der Waals surface area contributed by atoms with Gasteiger partial charge in [0.2, 0.25) is 0 Å². The van der Waals surface area contributed by atoms with Crippen molar-refractivity contribution in [1.82, 2.24) is 4.98 Å². The van der Waals surface area contributed by atoms with E-state index >= 15 is 0 Å². The highest BCUT2D eigenvalue weighted by atomic mass is 16.6. The van der Waals surface area contributed by atoms with Crippen LogP contribution in [0.15, 0.2) is 42.6 Å². The molecule has 1 saturated carbocycles. The lowest BCUT2D eigenvalue weighted by Gasteiger charge is -2.30. The molecule has 0 aliphatic heterocycles. The highest BCUT2D eigenvalue weighted by Crippen LogP contribution is 2.33. The number of carbonyl (C=O) groups is 2. The van der Waals surface area contributed by atoms with E-state index in [0.29, 0.717) is 0 Å². The summed E-state index contributed by atoms with van der Waals surface area (Å²) in [6.45, 7) is 3.56. The number of esters is 1. The number of hydrogen-bond acceptors (Lipinski definition) is 7. The van der Waals surface area contributed by atoms with Crippen molar-refractivity contribution < 1.29 is 28.9 Å². The first-order chi connectivity index (χ1) is 15.4. The molecule has 1 aliphatic carbocycles. The molecule has 0 radical (unpaired) electrons. The number of para-hydroxylation sites is 1. The summed E-state index contributed by atoms with van der Waals surface area (Å²) in [6, 6.07) is 10.9. The Balaban J connectivity index is 1.66. The SMILES string of the molecule is COc1ccnc(C(=O)C[C@@H](C)C(=O)O[C@@H](C2CCCC2)[C@H](C)Oc2ccccc2)c1O. The number of hydrogen-bond donors (Lipinski definition) is 1. The van der Waals surface area contributed by atoms with Crippen LogP contribution in [0.1, 0.15) is 56.4 Å². The zero-order chi connectivity index (χ0) is 23.1. The van der Waals surface area contributed by atoms with Crippen molar-refractivity contribution in [2.75, 3.05) is 7.11 Å². The van der Waals surface area contributed by atoms with Crippen LogP contribution in [0.2, 0.25) is 0 Å². The van der Waals surface area contributed by atoms with Gasteiger partial charge in [0.25, 0.3) is 0 Å². The van der Waals surface area contributed by atoms with Crippen LogP contribution in [0.3, 0.4) is 0 Å². The number of ether oxygens (including phenoxy) is 3. The van der Waals surface area contributed by atoms with Crippen LogP contribution in [-0.4, -0.2) is 41.2 Å². The fourth-order valence-electron chi connectivity index (χ4n) is 4.16. The largest absolute Gasteiger partial charge is 0.503 e. The van der Waals surface area contributed by atoms with Gasteiger partial charge in [-0.05, 0) is 37.8 Å². The number of rotatable bonds is 10. The summed E-state index contributed by atoms with van der Waals surface area (Å²) in [7, 11) is 1.39. The molecule has 1 heterocycles. The van der Waals surface area contributed by atoms with Crippen molar-refractivity contribution >= 4 is 11.8 Å². The van der Waals surface area contributed by atoms with Gasteiger partial charge in [-0.15, -0.1) is 0 Å². The first kappa shape index (κ1) is 23.6. The van der Waals surface area contributed by atoms with Crippen molar-refractivity contribution in [2.45, 2.75) is 58.2 Å². The number of ketones is 1. The zero-order valence-corrected chi connectivity index (χ0v) is 18.8. The summed E-state index contributed by atoms with van der Waals surface area (Å²) in [5, 5.41) is 10.2. The van der Waals surface area contributed by atoms with Crippen LogP contribution < -0.4 is 9.47 Å². The third-order valence-corrected chi connectivity index (χ3v) is 5.91. The molecule has 3 atom stereocenters. The molecule has 7 heteroatoms. The van der Waals surface area contributed by atoms with E-state index in [4.69, 9.17) is 14.2 Å². The minimum atomic E-state index is -0.692. The number of pyridine rings is 1. The second-order valence-electron chi connectivity index (χ2n) is 8.32. The van der Waals surface area contributed by atoms with Crippen LogP contribution in [0.5, 0.6) is 17.2 Å². The van der Waals surface area contributed by atoms with Gasteiger partial charge in [0, 0.05) is 18.7 Å². The van der Waals surface area contributed by atoms with Crippen molar-refractivity contribution in [3.63, 3.8) is 0 Å². The van der Waals surface area contributed by atoms with Crippen LogP contribution in [0.4, 0.5) is 0 Å². The van der Waals surface area contributed by atoms with E-state index in [1.807, 2.05) is 37.3 Å². The number of benzene rings is 1. The van der Waals surface area contributed by atoms with E-state index in [1.54, 1.807) is 6.92 Å². The number of Topliss-reactive ketones (excluding diaryl/α,β-unsaturated/α-hetero) is 1. The maximum Gasteiger partial charge on any atom is 0.309 e. The molecule has 0 spiro atoms. The maximum atomic E-state index is 12.9. The summed E-state index contributed by atoms with van der Waals surface area (Å²) in [4.78, 5) is 29.5. The quantitative estimate of drug-likeness (QED) is 0.426. The van der Waals surface area contributed by atoms with Crippen molar-refractivity contribution in [1.29, 1.82) is 0 Å². The third-order valence-electron chi connectivity index (χ3n) is 5.91. The predicted molar refractivity (Wildman–Crippen MR) is 119 cm³/mol. The molecule has 32 heavy (non-hydrogen) atoms. The lowest BCUT2D eigenvalue weighted by molar-refractivity contribution is -0.161. The zero-order valence-electron chi connectivity index (χ0n) is 18.8. The normalized spacial score (nSPS) is 16.7. The first-order valence-corrected chi connectivity index (χ1v) is 11.1. The second-order valence-corrected chi connectivity index (χ2v) is 8.32. The molecule has 3 rings (SSSR count). The Hall–Kier alpha value is -3.09.